The van der Waals surface area contributed by atoms with Crippen LogP contribution in [0.4, 0.5) is 0 Å². The van der Waals surface area contributed by atoms with Gasteiger partial charge in [0.15, 0.2) is 0 Å². The first-order valence-corrected chi connectivity index (χ1v) is 5.41. The number of aromatic nitrogens is 1. The Balaban J connectivity index is 1.90. The molecule has 2 rings (SSSR count). The van der Waals surface area contributed by atoms with Crippen LogP contribution < -0.4 is 0 Å². The van der Waals surface area contributed by atoms with Gasteiger partial charge >= 0.3 is 0 Å². The summed E-state index contributed by atoms with van der Waals surface area (Å²) < 4.78 is 10.5. The lowest BCUT2D eigenvalue weighted by Gasteiger charge is -2.04. The van der Waals surface area contributed by atoms with Gasteiger partial charge in [-0.3, -0.25) is 0 Å². The zero-order chi connectivity index (χ0) is 11.4. The van der Waals surface area contributed by atoms with E-state index in [0.29, 0.717) is 23.4 Å². The van der Waals surface area contributed by atoms with E-state index in [0.717, 1.165) is 11.3 Å². The number of furan rings is 1. The number of halogens is 2. The van der Waals surface area contributed by atoms with Gasteiger partial charge in [0.05, 0.1) is 17.9 Å². The lowest BCUT2D eigenvalue weighted by Crippen LogP contribution is -1.95. The first-order valence-electron chi connectivity index (χ1n) is 4.66. The fourth-order valence-corrected chi connectivity index (χ4v) is 1.62. The molecular formula is C11H9Cl2NO2. The first kappa shape index (κ1) is 11.5. The highest BCUT2D eigenvalue weighted by atomic mass is 35.5. The van der Waals surface area contributed by atoms with Crippen molar-refractivity contribution in [3.8, 4) is 0 Å². The van der Waals surface area contributed by atoms with Crippen LogP contribution in [0.25, 0.3) is 0 Å². The largest absolute Gasteiger partial charge is 0.467 e. The molecule has 0 saturated carbocycles. The zero-order valence-corrected chi connectivity index (χ0v) is 9.83. The van der Waals surface area contributed by atoms with E-state index in [2.05, 4.69) is 4.98 Å². The van der Waals surface area contributed by atoms with E-state index in [-0.39, 0.29) is 0 Å². The third kappa shape index (κ3) is 2.98. The van der Waals surface area contributed by atoms with Crippen LogP contribution in [-0.2, 0) is 18.0 Å². The van der Waals surface area contributed by atoms with Crippen molar-refractivity contribution in [3.05, 3.63) is 52.2 Å². The van der Waals surface area contributed by atoms with E-state index >= 15 is 0 Å². The second-order valence-corrected chi connectivity index (χ2v) is 3.97. The molecule has 0 saturated heterocycles. The van der Waals surface area contributed by atoms with Gasteiger partial charge in [-0.2, -0.15) is 0 Å². The third-order valence-electron chi connectivity index (χ3n) is 1.98. The summed E-state index contributed by atoms with van der Waals surface area (Å²) in [5.74, 6) is 0.776. The number of hydrogen-bond acceptors (Lipinski definition) is 3. The van der Waals surface area contributed by atoms with E-state index in [4.69, 9.17) is 32.4 Å². The molecule has 0 aromatic carbocycles. The van der Waals surface area contributed by atoms with Gasteiger partial charge < -0.3 is 9.15 Å². The molecule has 0 fully saturated rings. The molecule has 0 atom stereocenters. The number of ether oxygens (including phenoxy) is 1. The topological polar surface area (TPSA) is 35.3 Å². The van der Waals surface area contributed by atoms with E-state index in [1.54, 1.807) is 18.5 Å². The van der Waals surface area contributed by atoms with Crippen molar-refractivity contribution >= 4 is 23.2 Å². The van der Waals surface area contributed by atoms with E-state index < -0.39 is 0 Å². The quantitative estimate of drug-likeness (QED) is 0.784. The highest BCUT2D eigenvalue weighted by Crippen LogP contribution is 2.19. The normalized spacial score (nSPS) is 10.6. The fourth-order valence-electron chi connectivity index (χ4n) is 1.20. The molecule has 3 nitrogen and oxygen atoms in total. The molecular weight excluding hydrogens is 249 g/mol. The molecule has 0 aliphatic heterocycles. The van der Waals surface area contributed by atoms with Crippen LogP contribution in [0.5, 0.6) is 0 Å². The summed E-state index contributed by atoms with van der Waals surface area (Å²) in [5.41, 5.74) is 0.803. The average molecular weight is 258 g/mol. The standard InChI is InChI=1S/C11H9Cl2NO2/c12-10-4-11(13)14-5-8(10)6-15-7-9-2-1-3-16-9/h1-5H,6-7H2. The van der Waals surface area contributed by atoms with E-state index in [1.807, 2.05) is 12.1 Å². The van der Waals surface area contributed by atoms with Crippen molar-refractivity contribution in [1.82, 2.24) is 4.98 Å². The summed E-state index contributed by atoms with van der Waals surface area (Å²) in [6.07, 6.45) is 3.21. The number of pyridine rings is 1. The smallest absolute Gasteiger partial charge is 0.130 e. The van der Waals surface area contributed by atoms with Crippen LogP contribution in [0.3, 0.4) is 0 Å². The van der Waals surface area contributed by atoms with Crippen molar-refractivity contribution in [1.29, 1.82) is 0 Å². The molecule has 2 heterocycles. The Kier molecular flexibility index (Phi) is 3.83. The molecule has 16 heavy (non-hydrogen) atoms. The van der Waals surface area contributed by atoms with Crippen LogP contribution in [0.1, 0.15) is 11.3 Å². The highest BCUT2D eigenvalue weighted by Gasteiger charge is 2.03. The lowest BCUT2D eigenvalue weighted by atomic mass is 10.3. The Morgan fingerprint density at radius 1 is 1.31 bits per heavy atom. The summed E-state index contributed by atoms with van der Waals surface area (Å²) in [6, 6.07) is 5.26. The maximum Gasteiger partial charge on any atom is 0.130 e. The number of rotatable bonds is 4. The van der Waals surface area contributed by atoms with Gasteiger partial charge in [-0.15, -0.1) is 0 Å². The summed E-state index contributed by atoms with van der Waals surface area (Å²) >= 11 is 11.6. The first-order chi connectivity index (χ1) is 7.75. The zero-order valence-electron chi connectivity index (χ0n) is 8.32. The van der Waals surface area contributed by atoms with Crippen molar-refractivity contribution in [3.63, 3.8) is 0 Å². The molecule has 0 aliphatic rings. The van der Waals surface area contributed by atoms with Gasteiger partial charge in [0.2, 0.25) is 0 Å². The molecule has 0 N–H and O–H groups in total. The van der Waals surface area contributed by atoms with Gasteiger partial charge in [-0.25, -0.2) is 4.98 Å². The van der Waals surface area contributed by atoms with Crippen LogP contribution >= 0.6 is 23.2 Å². The molecule has 0 amide bonds. The molecule has 2 aromatic heterocycles. The Morgan fingerprint density at radius 2 is 2.19 bits per heavy atom. The second-order valence-electron chi connectivity index (χ2n) is 3.17. The van der Waals surface area contributed by atoms with Gasteiger partial charge in [-0.1, -0.05) is 23.2 Å². The SMILES string of the molecule is Clc1cc(Cl)c(COCc2ccco2)cn1. The van der Waals surface area contributed by atoms with E-state index in [1.165, 1.54) is 0 Å². The predicted octanol–water partition coefficient (Wildman–Crippen LogP) is 3.70. The molecule has 2 aromatic rings. The Labute approximate surface area is 103 Å². The molecule has 84 valence electrons. The maximum atomic E-state index is 5.96. The minimum Gasteiger partial charge on any atom is -0.467 e. The molecule has 5 heteroatoms. The van der Waals surface area contributed by atoms with Gasteiger partial charge in [-0.05, 0) is 18.2 Å². The van der Waals surface area contributed by atoms with Crippen LogP contribution in [0.2, 0.25) is 10.2 Å². The summed E-state index contributed by atoms with van der Waals surface area (Å²) in [6.45, 7) is 0.787. The summed E-state index contributed by atoms with van der Waals surface area (Å²) in [4.78, 5) is 3.93. The summed E-state index contributed by atoms with van der Waals surface area (Å²) in [7, 11) is 0. The van der Waals surface area contributed by atoms with Gasteiger partial charge in [0.25, 0.3) is 0 Å². The molecule has 0 unspecified atom stereocenters. The van der Waals surface area contributed by atoms with Crippen molar-refractivity contribution in [2.24, 2.45) is 0 Å². The Morgan fingerprint density at radius 3 is 2.88 bits per heavy atom. The van der Waals surface area contributed by atoms with E-state index in [9.17, 15) is 0 Å². The van der Waals surface area contributed by atoms with Gasteiger partial charge in [0, 0.05) is 11.8 Å². The Hall–Kier alpha value is -1.03. The number of hydrogen-bond donors (Lipinski definition) is 0. The van der Waals surface area contributed by atoms with Gasteiger partial charge in [0.1, 0.15) is 17.5 Å². The average Bonchev–Trinajstić information content (AvgIpc) is 2.74. The molecule has 0 spiro atoms. The maximum absolute atomic E-state index is 5.96. The highest BCUT2D eigenvalue weighted by molar-refractivity contribution is 6.34. The molecule has 0 bridgehead atoms. The van der Waals surface area contributed by atoms with Crippen molar-refractivity contribution < 1.29 is 9.15 Å². The second kappa shape index (κ2) is 5.34. The minimum atomic E-state index is 0.375. The Bertz CT molecular complexity index is 457. The minimum absolute atomic E-state index is 0.375. The van der Waals surface area contributed by atoms with Crippen molar-refractivity contribution in [2.45, 2.75) is 13.2 Å². The van der Waals surface area contributed by atoms with Crippen molar-refractivity contribution in [2.75, 3.05) is 0 Å². The monoisotopic (exact) mass is 257 g/mol. The molecule has 0 radical (unpaired) electrons. The summed E-state index contributed by atoms with van der Waals surface area (Å²) in [5, 5.41) is 0.930. The molecule has 0 aliphatic carbocycles. The fraction of sp³-hybridized carbons (Fsp3) is 0.182. The van der Waals surface area contributed by atoms with Crippen LogP contribution in [0.15, 0.2) is 35.1 Å². The van der Waals surface area contributed by atoms with Crippen LogP contribution in [-0.4, -0.2) is 4.98 Å². The van der Waals surface area contributed by atoms with Crippen LogP contribution in [0, 0.1) is 0 Å². The third-order valence-corrected chi connectivity index (χ3v) is 2.54. The lowest BCUT2D eigenvalue weighted by molar-refractivity contribution is 0.0928. The predicted molar refractivity (Wildman–Crippen MR) is 61.5 cm³/mol. The number of nitrogens with zero attached hydrogens (tertiary/aromatic N) is 1.